The standard InChI is InChI=1S/C27H25ClN2O3/c1-17-14-22-12-13-30(16-19-4-10-23(28)11-5-19)25(22)24(15-17)26(31)29-18(2)20-6-8-21(9-7-20)27(32)33-3/h4-15,18H,16H2,1-3H3,(H,29,31)/t18-/m0/s1. The van der Waals surface area contributed by atoms with Crippen LogP contribution in [0.4, 0.5) is 0 Å². The Kier molecular flexibility index (Phi) is 6.52. The van der Waals surface area contributed by atoms with Crippen LogP contribution < -0.4 is 5.32 Å². The summed E-state index contributed by atoms with van der Waals surface area (Å²) in [6.45, 7) is 4.54. The molecule has 3 aromatic carbocycles. The predicted molar refractivity (Wildman–Crippen MR) is 131 cm³/mol. The topological polar surface area (TPSA) is 60.3 Å². The lowest BCUT2D eigenvalue weighted by atomic mass is 10.0. The largest absolute Gasteiger partial charge is 0.465 e. The van der Waals surface area contributed by atoms with Gasteiger partial charge in [0.05, 0.1) is 29.8 Å². The average Bonchev–Trinajstić information content (AvgIpc) is 3.21. The van der Waals surface area contributed by atoms with Crippen LogP contribution in [-0.2, 0) is 11.3 Å². The molecular formula is C27H25ClN2O3. The number of rotatable bonds is 6. The number of aromatic nitrogens is 1. The van der Waals surface area contributed by atoms with Crippen molar-refractivity contribution >= 4 is 34.4 Å². The van der Waals surface area contributed by atoms with E-state index in [1.165, 1.54) is 7.11 Å². The highest BCUT2D eigenvalue weighted by molar-refractivity contribution is 6.30. The van der Waals surface area contributed by atoms with E-state index in [4.69, 9.17) is 16.3 Å². The van der Waals surface area contributed by atoms with Crippen molar-refractivity contribution in [3.05, 3.63) is 106 Å². The van der Waals surface area contributed by atoms with Crippen LogP contribution in [0, 0.1) is 6.92 Å². The zero-order valence-electron chi connectivity index (χ0n) is 18.8. The van der Waals surface area contributed by atoms with E-state index in [1.54, 1.807) is 12.1 Å². The van der Waals surface area contributed by atoms with Gasteiger partial charge in [-0.25, -0.2) is 4.79 Å². The number of esters is 1. The maximum Gasteiger partial charge on any atom is 0.337 e. The molecule has 0 saturated carbocycles. The van der Waals surface area contributed by atoms with Gasteiger partial charge in [0.15, 0.2) is 0 Å². The second-order valence-electron chi connectivity index (χ2n) is 8.13. The van der Waals surface area contributed by atoms with E-state index in [0.717, 1.165) is 27.6 Å². The number of halogens is 1. The van der Waals surface area contributed by atoms with E-state index in [0.29, 0.717) is 22.7 Å². The molecule has 168 valence electrons. The van der Waals surface area contributed by atoms with Gasteiger partial charge < -0.3 is 14.6 Å². The molecule has 33 heavy (non-hydrogen) atoms. The lowest BCUT2D eigenvalue weighted by molar-refractivity contribution is 0.0600. The Bertz CT molecular complexity index is 1310. The van der Waals surface area contributed by atoms with Crippen molar-refractivity contribution in [2.24, 2.45) is 0 Å². The number of ether oxygens (including phenoxy) is 1. The fraction of sp³-hybridized carbons (Fsp3) is 0.185. The highest BCUT2D eigenvalue weighted by Gasteiger charge is 2.18. The number of nitrogens with zero attached hydrogens (tertiary/aromatic N) is 1. The molecular weight excluding hydrogens is 436 g/mol. The molecule has 0 radical (unpaired) electrons. The van der Waals surface area contributed by atoms with E-state index < -0.39 is 0 Å². The molecule has 4 rings (SSSR count). The molecule has 4 aromatic rings. The van der Waals surface area contributed by atoms with Gasteiger partial charge in [-0.2, -0.15) is 0 Å². The van der Waals surface area contributed by atoms with Gasteiger partial charge in [-0.3, -0.25) is 4.79 Å². The predicted octanol–water partition coefficient (Wildman–Crippen LogP) is 5.93. The van der Waals surface area contributed by atoms with Gasteiger partial charge >= 0.3 is 5.97 Å². The molecule has 6 heteroatoms. The Morgan fingerprint density at radius 3 is 2.39 bits per heavy atom. The van der Waals surface area contributed by atoms with Crippen LogP contribution in [0.5, 0.6) is 0 Å². The summed E-state index contributed by atoms with van der Waals surface area (Å²) >= 11 is 6.02. The smallest absolute Gasteiger partial charge is 0.337 e. The third kappa shape index (κ3) is 4.94. The molecule has 1 atom stereocenters. The van der Waals surface area contributed by atoms with Gasteiger partial charge in [0.1, 0.15) is 0 Å². The Balaban J connectivity index is 1.61. The molecule has 0 aliphatic heterocycles. The van der Waals surface area contributed by atoms with E-state index >= 15 is 0 Å². The van der Waals surface area contributed by atoms with E-state index in [-0.39, 0.29) is 17.9 Å². The summed E-state index contributed by atoms with van der Waals surface area (Å²) in [6.07, 6.45) is 2.00. The Morgan fingerprint density at radius 1 is 1.03 bits per heavy atom. The summed E-state index contributed by atoms with van der Waals surface area (Å²) in [5.41, 5.74) is 5.01. The summed E-state index contributed by atoms with van der Waals surface area (Å²) in [7, 11) is 1.35. The van der Waals surface area contributed by atoms with Gasteiger partial charge in [-0.05, 0) is 73.0 Å². The van der Waals surface area contributed by atoms with Crippen LogP contribution in [0.3, 0.4) is 0 Å². The number of carbonyl (C=O) groups excluding carboxylic acids is 2. The Morgan fingerprint density at radius 2 is 1.73 bits per heavy atom. The first-order valence-electron chi connectivity index (χ1n) is 10.7. The summed E-state index contributed by atoms with van der Waals surface area (Å²) in [5.74, 6) is -0.536. The van der Waals surface area contributed by atoms with Crippen LogP contribution >= 0.6 is 11.6 Å². The average molecular weight is 461 g/mol. The molecule has 1 N–H and O–H groups in total. The summed E-state index contributed by atoms with van der Waals surface area (Å²) in [6, 6.07) is 20.6. The van der Waals surface area contributed by atoms with E-state index in [2.05, 4.69) is 16.0 Å². The number of aryl methyl sites for hydroxylation is 1. The van der Waals surface area contributed by atoms with Crippen LogP contribution in [-0.4, -0.2) is 23.6 Å². The molecule has 0 unspecified atom stereocenters. The zero-order chi connectivity index (χ0) is 23.5. The molecule has 0 saturated heterocycles. The molecule has 0 bridgehead atoms. The third-order valence-corrected chi connectivity index (χ3v) is 5.95. The number of fused-ring (bicyclic) bond motifs is 1. The monoisotopic (exact) mass is 460 g/mol. The number of hydrogen-bond acceptors (Lipinski definition) is 3. The minimum absolute atomic E-state index is 0.149. The minimum Gasteiger partial charge on any atom is -0.465 e. The second kappa shape index (κ2) is 9.51. The van der Waals surface area contributed by atoms with Crippen LogP contribution in [0.25, 0.3) is 10.9 Å². The number of carbonyl (C=O) groups is 2. The van der Waals surface area contributed by atoms with Gasteiger partial charge in [0.2, 0.25) is 0 Å². The second-order valence-corrected chi connectivity index (χ2v) is 8.57. The van der Waals surface area contributed by atoms with E-state index in [9.17, 15) is 9.59 Å². The van der Waals surface area contributed by atoms with Crippen LogP contribution in [0.15, 0.2) is 72.9 Å². The molecule has 0 aliphatic carbocycles. The maximum atomic E-state index is 13.3. The van der Waals surface area contributed by atoms with Crippen molar-refractivity contribution in [1.82, 2.24) is 9.88 Å². The van der Waals surface area contributed by atoms with Crippen molar-refractivity contribution in [3.8, 4) is 0 Å². The summed E-state index contributed by atoms with van der Waals surface area (Å²) in [5, 5.41) is 4.81. The number of methoxy groups -OCH3 is 1. The van der Waals surface area contributed by atoms with Gasteiger partial charge in [0, 0.05) is 23.2 Å². The fourth-order valence-electron chi connectivity index (χ4n) is 3.97. The summed E-state index contributed by atoms with van der Waals surface area (Å²) < 4.78 is 6.83. The normalized spacial score (nSPS) is 11.9. The Labute approximate surface area is 197 Å². The van der Waals surface area contributed by atoms with Gasteiger partial charge in [-0.1, -0.05) is 35.9 Å². The molecule has 1 aromatic heterocycles. The molecule has 0 fully saturated rings. The Hall–Kier alpha value is -3.57. The SMILES string of the molecule is COC(=O)c1ccc([C@H](C)NC(=O)c2cc(C)cc3ccn(Cc4ccc(Cl)cc4)c23)cc1. The third-order valence-electron chi connectivity index (χ3n) is 5.70. The first kappa shape index (κ1) is 22.6. The number of benzene rings is 3. The first-order chi connectivity index (χ1) is 15.9. The molecule has 0 spiro atoms. The van der Waals surface area contributed by atoms with Crippen LogP contribution in [0.1, 0.15) is 50.4 Å². The van der Waals surface area contributed by atoms with Gasteiger partial charge in [0.25, 0.3) is 5.91 Å². The molecule has 1 heterocycles. The lowest BCUT2D eigenvalue weighted by Crippen LogP contribution is -2.27. The van der Waals surface area contributed by atoms with Crippen LogP contribution in [0.2, 0.25) is 5.02 Å². The number of nitrogens with one attached hydrogen (secondary N) is 1. The van der Waals surface area contributed by atoms with Crippen molar-refractivity contribution in [1.29, 1.82) is 0 Å². The fourth-order valence-corrected chi connectivity index (χ4v) is 4.10. The zero-order valence-corrected chi connectivity index (χ0v) is 19.5. The highest BCUT2D eigenvalue weighted by atomic mass is 35.5. The molecule has 0 aliphatic rings. The van der Waals surface area contributed by atoms with Crippen molar-refractivity contribution in [2.45, 2.75) is 26.4 Å². The van der Waals surface area contributed by atoms with Crippen molar-refractivity contribution in [2.75, 3.05) is 7.11 Å². The van der Waals surface area contributed by atoms with E-state index in [1.807, 2.05) is 68.6 Å². The van der Waals surface area contributed by atoms with Gasteiger partial charge in [-0.15, -0.1) is 0 Å². The molecule has 5 nitrogen and oxygen atoms in total. The minimum atomic E-state index is -0.387. The quantitative estimate of drug-likeness (QED) is 0.363. The number of amides is 1. The first-order valence-corrected chi connectivity index (χ1v) is 11.1. The van der Waals surface area contributed by atoms with Crippen molar-refractivity contribution in [3.63, 3.8) is 0 Å². The molecule has 1 amide bonds. The highest BCUT2D eigenvalue weighted by Crippen LogP contribution is 2.25. The number of hydrogen-bond donors (Lipinski definition) is 1. The maximum absolute atomic E-state index is 13.3. The lowest BCUT2D eigenvalue weighted by Gasteiger charge is -2.17. The van der Waals surface area contributed by atoms with Crippen molar-refractivity contribution < 1.29 is 14.3 Å². The summed E-state index contributed by atoms with van der Waals surface area (Å²) in [4.78, 5) is 25.0.